The van der Waals surface area contributed by atoms with Crippen LogP contribution in [0.15, 0.2) is 21.9 Å². The number of aryl methyl sites for hydroxylation is 1. The SMILES string of the molecule is Cc1ccc(-c2nc(CC(=O)N(CCC(=O)O)C(C)C)cs2)o1. The van der Waals surface area contributed by atoms with Gasteiger partial charge in [0.1, 0.15) is 5.76 Å². The number of carbonyl (C=O) groups excluding carboxylic acids is 1. The largest absolute Gasteiger partial charge is 0.481 e. The van der Waals surface area contributed by atoms with E-state index in [-0.39, 0.29) is 31.3 Å². The molecule has 6 nitrogen and oxygen atoms in total. The van der Waals surface area contributed by atoms with Gasteiger partial charge >= 0.3 is 5.97 Å². The lowest BCUT2D eigenvalue weighted by Crippen LogP contribution is -2.39. The lowest BCUT2D eigenvalue weighted by molar-refractivity contribution is -0.139. The van der Waals surface area contributed by atoms with Crippen LogP contribution in [-0.2, 0) is 16.0 Å². The maximum absolute atomic E-state index is 12.4. The number of furan rings is 1. The van der Waals surface area contributed by atoms with E-state index in [1.165, 1.54) is 11.3 Å². The van der Waals surface area contributed by atoms with Crippen LogP contribution >= 0.6 is 11.3 Å². The Labute approximate surface area is 138 Å². The number of thiazole rings is 1. The second kappa shape index (κ2) is 7.41. The molecule has 2 aromatic heterocycles. The Kier molecular flexibility index (Phi) is 5.54. The van der Waals surface area contributed by atoms with E-state index in [1.54, 1.807) is 4.90 Å². The highest BCUT2D eigenvalue weighted by Crippen LogP contribution is 2.25. The molecule has 0 fully saturated rings. The van der Waals surface area contributed by atoms with Crippen LogP contribution in [0, 0.1) is 6.92 Å². The lowest BCUT2D eigenvalue weighted by Gasteiger charge is -2.25. The Morgan fingerprint density at radius 1 is 1.39 bits per heavy atom. The molecule has 7 heteroatoms. The number of carboxylic acid groups (broad SMARTS) is 1. The van der Waals surface area contributed by atoms with E-state index in [9.17, 15) is 9.59 Å². The van der Waals surface area contributed by atoms with Crippen LogP contribution in [0.5, 0.6) is 0 Å². The van der Waals surface area contributed by atoms with Gasteiger partial charge < -0.3 is 14.4 Å². The Hall–Kier alpha value is -2.15. The van der Waals surface area contributed by atoms with Crippen LogP contribution in [0.25, 0.3) is 10.8 Å². The van der Waals surface area contributed by atoms with Crippen molar-refractivity contribution in [3.05, 3.63) is 29.0 Å². The quantitative estimate of drug-likeness (QED) is 0.840. The molecule has 0 aliphatic rings. The molecule has 2 rings (SSSR count). The van der Waals surface area contributed by atoms with Crippen molar-refractivity contribution in [3.63, 3.8) is 0 Å². The van der Waals surface area contributed by atoms with Gasteiger partial charge in [0.25, 0.3) is 0 Å². The molecule has 0 bridgehead atoms. The van der Waals surface area contributed by atoms with E-state index in [4.69, 9.17) is 9.52 Å². The third-order valence-corrected chi connectivity index (χ3v) is 4.25. The molecule has 0 saturated heterocycles. The van der Waals surface area contributed by atoms with Gasteiger partial charge in [-0.3, -0.25) is 9.59 Å². The lowest BCUT2D eigenvalue weighted by atomic mass is 10.2. The minimum Gasteiger partial charge on any atom is -0.481 e. The third kappa shape index (κ3) is 4.66. The first-order valence-corrected chi connectivity index (χ1v) is 8.27. The minimum absolute atomic E-state index is 0.0484. The number of hydrogen-bond acceptors (Lipinski definition) is 5. The van der Waals surface area contributed by atoms with E-state index in [0.717, 1.165) is 10.8 Å². The van der Waals surface area contributed by atoms with E-state index >= 15 is 0 Å². The summed E-state index contributed by atoms with van der Waals surface area (Å²) in [6, 6.07) is 3.67. The van der Waals surface area contributed by atoms with Crippen molar-refractivity contribution in [2.45, 2.75) is 39.7 Å². The van der Waals surface area contributed by atoms with Crippen LogP contribution < -0.4 is 0 Å². The molecule has 0 atom stereocenters. The molecule has 1 N–H and O–H groups in total. The fourth-order valence-electron chi connectivity index (χ4n) is 2.19. The summed E-state index contributed by atoms with van der Waals surface area (Å²) in [4.78, 5) is 29.1. The number of carboxylic acids is 1. The zero-order valence-electron chi connectivity index (χ0n) is 13.4. The zero-order valence-corrected chi connectivity index (χ0v) is 14.2. The highest BCUT2D eigenvalue weighted by molar-refractivity contribution is 7.13. The van der Waals surface area contributed by atoms with E-state index in [1.807, 2.05) is 38.3 Å². The summed E-state index contributed by atoms with van der Waals surface area (Å²) >= 11 is 1.43. The first-order valence-electron chi connectivity index (χ1n) is 7.39. The standard InChI is InChI=1S/C16H20N2O4S/c1-10(2)18(7-6-15(20)21)14(19)8-12-9-23-16(17-12)13-5-4-11(3)22-13/h4-5,9-10H,6-8H2,1-3H3,(H,20,21). The number of hydrogen-bond donors (Lipinski definition) is 1. The molecular weight excluding hydrogens is 316 g/mol. The van der Waals surface area contributed by atoms with Crippen LogP contribution in [-0.4, -0.2) is 39.5 Å². The molecule has 124 valence electrons. The maximum atomic E-state index is 12.4. The molecule has 0 radical (unpaired) electrons. The van der Waals surface area contributed by atoms with Crippen molar-refractivity contribution >= 4 is 23.2 Å². The Morgan fingerprint density at radius 3 is 2.70 bits per heavy atom. The Bertz CT molecular complexity index is 690. The van der Waals surface area contributed by atoms with Gasteiger partial charge in [-0.1, -0.05) is 0 Å². The fourth-order valence-corrected chi connectivity index (χ4v) is 2.97. The minimum atomic E-state index is -0.910. The van der Waals surface area contributed by atoms with Gasteiger partial charge in [0, 0.05) is 18.0 Å². The third-order valence-electron chi connectivity index (χ3n) is 3.35. The Morgan fingerprint density at radius 2 is 2.13 bits per heavy atom. The summed E-state index contributed by atoms with van der Waals surface area (Å²) in [5, 5.41) is 11.4. The number of amides is 1. The highest BCUT2D eigenvalue weighted by atomic mass is 32.1. The number of rotatable bonds is 7. The Balaban J connectivity index is 2.04. The van der Waals surface area contributed by atoms with E-state index in [2.05, 4.69) is 4.98 Å². The van der Waals surface area contributed by atoms with Gasteiger partial charge in [-0.25, -0.2) is 4.98 Å². The summed E-state index contributed by atoms with van der Waals surface area (Å²) in [6.45, 7) is 5.82. The highest BCUT2D eigenvalue weighted by Gasteiger charge is 2.20. The number of nitrogens with zero attached hydrogens (tertiary/aromatic N) is 2. The van der Waals surface area contributed by atoms with Crippen LogP contribution in [0.2, 0.25) is 0 Å². The van der Waals surface area contributed by atoms with Gasteiger partial charge in [0.05, 0.1) is 18.5 Å². The van der Waals surface area contributed by atoms with Crippen molar-refractivity contribution in [2.24, 2.45) is 0 Å². The average Bonchev–Trinajstić information content (AvgIpc) is 3.07. The zero-order chi connectivity index (χ0) is 17.0. The molecule has 0 aliphatic heterocycles. The molecule has 23 heavy (non-hydrogen) atoms. The molecule has 1 amide bonds. The van der Waals surface area contributed by atoms with Gasteiger partial charge in [-0.15, -0.1) is 11.3 Å². The van der Waals surface area contributed by atoms with Gasteiger partial charge in [0.15, 0.2) is 10.8 Å². The van der Waals surface area contributed by atoms with Crippen molar-refractivity contribution in [2.75, 3.05) is 6.54 Å². The van der Waals surface area contributed by atoms with E-state index in [0.29, 0.717) is 11.5 Å². The maximum Gasteiger partial charge on any atom is 0.305 e. The average molecular weight is 336 g/mol. The first kappa shape index (κ1) is 17.2. The van der Waals surface area contributed by atoms with Crippen LogP contribution in [0.4, 0.5) is 0 Å². The topological polar surface area (TPSA) is 83.6 Å². The normalized spacial score (nSPS) is 11.0. The predicted molar refractivity (Wildman–Crippen MR) is 87.4 cm³/mol. The van der Waals surface area contributed by atoms with Crippen LogP contribution in [0.3, 0.4) is 0 Å². The predicted octanol–water partition coefficient (Wildman–Crippen LogP) is 2.97. The molecule has 0 aromatic carbocycles. The monoisotopic (exact) mass is 336 g/mol. The fraction of sp³-hybridized carbons (Fsp3) is 0.438. The van der Waals surface area contributed by atoms with Crippen molar-refractivity contribution in [1.82, 2.24) is 9.88 Å². The summed E-state index contributed by atoms with van der Waals surface area (Å²) < 4.78 is 5.53. The molecule has 2 heterocycles. The molecule has 0 aliphatic carbocycles. The molecule has 0 unspecified atom stereocenters. The second-order valence-corrected chi connectivity index (χ2v) is 6.41. The van der Waals surface area contributed by atoms with Crippen LogP contribution in [0.1, 0.15) is 31.7 Å². The number of aliphatic carboxylic acids is 1. The van der Waals surface area contributed by atoms with Gasteiger partial charge in [0.2, 0.25) is 5.91 Å². The van der Waals surface area contributed by atoms with Crippen molar-refractivity contribution in [1.29, 1.82) is 0 Å². The van der Waals surface area contributed by atoms with Gasteiger partial charge in [-0.2, -0.15) is 0 Å². The summed E-state index contributed by atoms with van der Waals surface area (Å²) in [5.74, 6) is 0.478. The van der Waals surface area contributed by atoms with Crippen molar-refractivity contribution in [3.8, 4) is 10.8 Å². The number of carbonyl (C=O) groups is 2. The molecular formula is C16H20N2O4S. The summed E-state index contributed by atoms with van der Waals surface area (Å²) in [6.07, 6.45) is 0.103. The smallest absolute Gasteiger partial charge is 0.305 e. The van der Waals surface area contributed by atoms with Crippen molar-refractivity contribution < 1.29 is 19.1 Å². The summed E-state index contributed by atoms with van der Waals surface area (Å²) in [5.41, 5.74) is 0.671. The first-order chi connectivity index (χ1) is 10.9. The molecule has 2 aromatic rings. The van der Waals surface area contributed by atoms with E-state index < -0.39 is 5.97 Å². The summed E-state index contributed by atoms with van der Waals surface area (Å²) in [7, 11) is 0. The van der Waals surface area contributed by atoms with Gasteiger partial charge in [-0.05, 0) is 32.9 Å². The molecule has 0 saturated carbocycles. The number of aromatic nitrogens is 1. The second-order valence-electron chi connectivity index (χ2n) is 5.56. The molecule has 0 spiro atoms.